The lowest BCUT2D eigenvalue weighted by Gasteiger charge is -2.13. The number of aromatic amines is 1. The number of nitrogens with zero attached hydrogens (tertiary/aromatic N) is 1. The van der Waals surface area contributed by atoms with Crippen molar-refractivity contribution < 1.29 is 4.74 Å². The maximum Gasteiger partial charge on any atom is 0.177 e. The highest BCUT2D eigenvalue weighted by Gasteiger charge is 2.24. The largest absolute Gasteiger partial charge is 0.497 e. The van der Waals surface area contributed by atoms with Crippen LogP contribution in [0.25, 0.3) is 0 Å². The number of nitrogens with one attached hydrogen (secondary N) is 1. The first-order valence-electron chi connectivity index (χ1n) is 5.72. The van der Waals surface area contributed by atoms with Crippen molar-refractivity contribution in [2.45, 2.75) is 18.9 Å². The van der Waals surface area contributed by atoms with Crippen LogP contribution in [-0.4, -0.2) is 16.7 Å². The van der Waals surface area contributed by atoms with Gasteiger partial charge in [0.15, 0.2) is 4.77 Å². The molecule has 0 saturated carbocycles. The molecular formula is C13H14N2OS. The number of aromatic nitrogens is 2. The molecule has 1 unspecified atom stereocenters. The summed E-state index contributed by atoms with van der Waals surface area (Å²) in [5.74, 6) is 0.932. The Kier molecular flexibility index (Phi) is 2.52. The van der Waals surface area contributed by atoms with Crippen molar-refractivity contribution in [3.63, 3.8) is 0 Å². The number of ether oxygens (including phenoxy) is 1. The molecule has 0 radical (unpaired) electrons. The minimum atomic E-state index is 0.370. The number of imidazole rings is 1. The van der Waals surface area contributed by atoms with Crippen molar-refractivity contribution in [1.82, 2.24) is 9.55 Å². The molecular weight excluding hydrogens is 232 g/mol. The van der Waals surface area contributed by atoms with Gasteiger partial charge in [0.1, 0.15) is 5.75 Å². The Morgan fingerprint density at radius 2 is 2.35 bits per heavy atom. The van der Waals surface area contributed by atoms with Crippen molar-refractivity contribution >= 4 is 12.2 Å². The summed E-state index contributed by atoms with van der Waals surface area (Å²) < 4.78 is 8.18. The number of fused-ring (bicyclic) bond motifs is 1. The Balaban J connectivity index is 2.05. The predicted octanol–water partition coefficient (Wildman–Crippen LogP) is 3.09. The number of benzene rings is 1. The molecule has 1 heterocycles. The van der Waals surface area contributed by atoms with Crippen LogP contribution >= 0.6 is 12.2 Å². The molecule has 1 atom stereocenters. The van der Waals surface area contributed by atoms with Gasteiger partial charge in [-0.15, -0.1) is 0 Å². The SMILES string of the molecule is COc1ccc2c(c1)CCC2n1cc[nH]c1=S. The third-order valence-electron chi connectivity index (χ3n) is 3.41. The standard InChI is InChI=1S/C13H14N2OS/c1-16-10-3-4-11-9(8-10)2-5-12(11)15-7-6-14-13(15)17/h3-4,6-8,12H,2,5H2,1H3,(H,14,17). The molecule has 1 aromatic heterocycles. The smallest absolute Gasteiger partial charge is 0.177 e. The monoisotopic (exact) mass is 246 g/mol. The van der Waals surface area contributed by atoms with Gasteiger partial charge < -0.3 is 14.3 Å². The molecule has 3 nitrogen and oxygen atoms in total. The number of aryl methyl sites for hydroxylation is 1. The average molecular weight is 246 g/mol. The van der Waals surface area contributed by atoms with Crippen LogP contribution in [-0.2, 0) is 6.42 Å². The second-order valence-corrected chi connectivity index (χ2v) is 4.68. The summed E-state index contributed by atoms with van der Waals surface area (Å²) in [6.07, 6.45) is 6.11. The molecule has 0 spiro atoms. The van der Waals surface area contributed by atoms with E-state index in [4.69, 9.17) is 17.0 Å². The van der Waals surface area contributed by atoms with Crippen LogP contribution in [0.4, 0.5) is 0 Å². The lowest BCUT2D eigenvalue weighted by atomic mass is 10.1. The normalized spacial score (nSPS) is 18.1. The van der Waals surface area contributed by atoms with Crippen LogP contribution < -0.4 is 4.74 Å². The molecule has 1 N–H and O–H groups in total. The van der Waals surface area contributed by atoms with Crippen molar-refractivity contribution in [3.8, 4) is 5.75 Å². The molecule has 0 bridgehead atoms. The predicted molar refractivity (Wildman–Crippen MR) is 69.1 cm³/mol. The van der Waals surface area contributed by atoms with Gasteiger partial charge in [-0.3, -0.25) is 0 Å². The van der Waals surface area contributed by atoms with Gasteiger partial charge in [0.2, 0.25) is 0 Å². The van der Waals surface area contributed by atoms with Crippen LogP contribution in [0.5, 0.6) is 5.75 Å². The fourth-order valence-corrected chi connectivity index (χ4v) is 2.82. The molecule has 88 valence electrons. The Morgan fingerprint density at radius 1 is 1.47 bits per heavy atom. The maximum absolute atomic E-state index is 5.28. The van der Waals surface area contributed by atoms with E-state index < -0.39 is 0 Å². The second kappa shape index (κ2) is 4.04. The zero-order chi connectivity index (χ0) is 11.8. The quantitative estimate of drug-likeness (QED) is 0.825. The Labute approximate surface area is 105 Å². The third-order valence-corrected chi connectivity index (χ3v) is 3.74. The molecule has 17 heavy (non-hydrogen) atoms. The van der Waals surface area contributed by atoms with E-state index in [1.807, 2.05) is 18.5 Å². The summed E-state index contributed by atoms with van der Waals surface area (Å²) >= 11 is 5.28. The first kappa shape index (κ1) is 10.6. The van der Waals surface area contributed by atoms with E-state index in [2.05, 4.69) is 21.7 Å². The van der Waals surface area contributed by atoms with E-state index >= 15 is 0 Å². The molecule has 0 fully saturated rings. The van der Waals surface area contributed by atoms with Gasteiger partial charge >= 0.3 is 0 Å². The van der Waals surface area contributed by atoms with Crippen LogP contribution in [0.2, 0.25) is 0 Å². The number of rotatable bonds is 2. The molecule has 0 saturated heterocycles. The highest BCUT2D eigenvalue weighted by Crippen LogP contribution is 2.36. The molecule has 2 aromatic rings. The zero-order valence-electron chi connectivity index (χ0n) is 9.64. The Hall–Kier alpha value is -1.55. The molecule has 1 aliphatic rings. The molecule has 0 aliphatic heterocycles. The lowest BCUT2D eigenvalue weighted by molar-refractivity contribution is 0.414. The fourth-order valence-electron chi connectivity index (χ4n) is 2.56. The number of hydrogen-bond acceptors (Lipinski definition) is 2. The summed E-state index contributed by atoms with van der Waals surface area (Å²) in [5, 5.41) is 0. The summed E-state index contributed by atoms with van der Waals surface area (Å²) in [4.78, 5) is 3.05. The first-order valence-corrected chi connectivity index (χ1v) is 6.13. The summed E-state index contributed by atoms with van der Waals surface area (Å²) in [6.45, 7) is 0. The number of hydrogen-bond donors (Lipinski definition) is 1. The van der Waals surface area contributed by atoms with Gasteiger partial charge in [0, 0.05) is 12.4 Å². The van der Waals surface area contributed by atoms with E-state index in [1.54, 1.807) is 7.11 Å². The van der Waals surface area contributed by atoms with E-state index in [0.29, 0.717) is 6.04 Å². The van der Waals surface area contributed by atoms with Gasteiger partial charge in [-0.05, 0) is 48.3 Å². The minimum absolute atomic E-state index is 0.370. The topological polar surface area (TPSA) is 29.9 Å². The molecule has 1 aliphatic carbocycles. The highest BCUT2D eigenvalue weighted by atomic mass is 32.1. The van der Waals surface area contributed by atoms with Crippen molar-refractivity contribution in [2.75, 3.05) is 7.11 Å². The highest BCUT2D eigenvalue weighted by molar-refractivity contribution is 7.71. The fraction of sp³-hybridized carbons (Fsp3) is 0.308. The number of methoxy groups -OCH3 is 1. The van der Waals surface area contributed by atoms with Gasteiger partial charge in [-0.25, -0.2) is 0 Å². The minimum Gasteiger partial charge on any atom is -0.497 e. The third kappa shape index (κ3) is 1.69. The van der Waals surface area contributed by atoms with E-state index in [1.165, 1.54) is 11.1 Å². The van der Waals surface area contributed by atoms with Crippen molar-refractivity contribution in [2.24, 2.45) is 0 Å². The van der Waals surface area contributed by atoms with Crippen LogP contribution in [0.15, 0.2) is 30.6 Å². The van der Waals surface area contributed by atoms with E-state index in [0.717, 1.165) is 23.4 Å². The Morgan fingerprint density at radius 3 is 3.06 bits per heavy atom. The molecule has 3 rings (SSSR count). The van der Waals surface area contributed by atoms with E-state index in [-0.39, 0.29) is 0 Å². The van der Waals surface area contributed by atoms with Crippen molar-refractivity contribution in [1.29, 1.82) is 0 Å². The first-order chi connectivity index (χ1) is 8.29. The van der Waals surface area contributed by atoms with Crippen LogP contribution in [0.3, 0.4) is 0 Å². The van der Waals surface area contributed by atoms with Crippen molar-refractivity contribution in [3.05, 3.63) is 46.5 Å². The van der Waals surface area contributed by atoms with Gasteiger partial charge in [-0.2, -0.15) is 0 Å². The average Bonchev–Trinajstić information content (AvgIpc) is 2.94. The van der Waals surface area contributed by atoms with E-state index in [9.17, 15) is 0 Å². The maximum atomic E-state index is 5.28. The van der Waals surface area contributed by atoms with Crippen LogP contribution in [0.1, 0.15) is 23.6 Å². The van der Waals surface area contributed by atoms with Gasteiger partial charge in [0.25, 0.3) is 0 Å². The molecule has 1 aromatic carbocycles. The second-order valence-electron chi connectivity index (χ2n) is 4.29. The van der Waals surface area contributed by atoms with Gasteiger partial charge in [0.05, 0.1) is 13.2 Å². The van der Waals surface area contributed by atoms with Gasteiger partial charge in [-0.1, -0.05) is 6.07 Å². The lowest BCUT2D eigenvalue weighted by Crippen LogP contribution is -2.06. The zero-order valence-corrected chi connectivity index (χ0v) is 10.5. The molecule has 4 heteroatoms. The number of H-pyrrole nitrogens is 1. The summed E-state index contributed by atoms with van der Waals surface area (Å²) in [6, 6.07) is 6.68. The summed E-state index contributed by atoms with van der Waals surface area (Å²) in [5.41, 5.74) is 2.74. The Bertz CT molecular complexity index is 599. The molecule has 0 amide bonds. The van der Waals surface area contributed by atoms with Crippen LogP contribution in [0, 0.1) is 4.77 Å². The summed E-state index contributed by atoms with van der Waals surface area (Å²) in [7, 11) is 1.70.